The number of esters is 1. The smallest absolute Gasteiger partial charge is 0.331 e. The number of nitrogens with one attached hydrogen (secondary N) is 1. The van der Waals surface area contributed by atoms with Crippen LogP contribution in [0.15, 0.2) is 48.6 Å². The van der Waals surface area contributed by atoms with Crippen molar-refractivity contribution in [3.8, 4) is 6.07 Å². The van der Waals surface area contributed by atoms with Crippen LogP contribution < -0.4 is 5.32 Å². The molecule has 1 N–H and O–H groups in total. The van der Waals surface area contributed by atoms with E-state index >= 15 is 0 Å². The zero-order valence-electron chi connectivity index (χ0n) is 11.0. The number of carbonyl (C=O) groups is 2. The molecule has 0 aliphatic rings. The lowest BCUT2D eigenvalue weighted by Gasteiger charge is -2.05. The normalized spacial score (nSPS) is 10.4. The number of carbonyl (C=O) groups excluding carboxylic acids is 2. The van der Waals surface area contributed by atoms with E-state index in [2.05, 4.69) is 5.32 Å². The predicted molar refractivity (Wildman–Crippen MR) is 74.7 cm³/mol. The number of allylic oxidation sites excluding steroid dienone is 3. The molecule has 0 heterocycles. The van der Waals surface area contributed by atoms with Crippen LogP contribution in [0.4, 0.5) is 5.69 Å². The summed E-state index contributed by atoms with van der Waals surface area (Å²) in [5.41, 5.74) is 1.04. The molecule has 0 bridgehead atoms. The molecule has 1 aromatic carbocycles. The van der Waals surface area contributed by atoms with Crippen LogP contribution in [0.2, 0.25) is 0 Å². The van der Waals surface area contributed by atoms with E-state index in [4.69, 9.17) is 10.00 Å². The third kappa shape index (κ3) is 5.65. The van der Waals surface area contributed by atoms with Crippen molar-refractivity contribution in [3.05, 3.63) is 54.1 Å². The van der Waals surface area contributed by atoms with E-state index in [9.17, 15) is 9.59 Å². The first-order valence-electron chi connectivity index (χ1n) is 5.92. The van der Waals surface area contributed by atoms with Crippen molar-refractivity contribution in [2.75, 3.05) is 11.9 Å². The summed E-state index contributed by atoms with van der Waals surface area (Å²) in [4.78, 5) is 22.7. The quantitative estimate of drug-likeness (QED) is 0.505. The van der Waals surface area contributed by atoms with Crippen LogP contribution in [-0.2, 0) is 14.3 Å². The van der Waals surface area contributed by atoms with Crippen molar-refractivity contribution < 1.29 is 14.3 Å². The average Bonchev–Trinajstić information content (AvgIpc) is 2.46. The zero-order chi connectivity index (χ0) is 14.8. The van der Waals surface area contributed by atoms with Crippen LogP contribution in [0.5, 0.6) is 0 Å². The molecule has 0 saturated carbocycles. The topological polar surface area (TPSA) is 79.2 Å². The minimum Gasteiger partial charge on any atom is -0.452 e. The van der Waals surface area contributed by atoms with Gasteiger partial charge in [0.15, 0.2) is 6.61 Å². The first-order valence-corrected chi connectivity index (χ1v) is 5.92. The Hall–Kier alpha value is -2.87. The Balaban J connectivity index is 2.40. The molecule has 0 aliphatic heterocycles. The average molecular weight is 270 g/mol. The molecule has 0 saturated heterocycles. The number of nitrogens with zero attached hydrogens (tertiary/aromatic N) is 1. The van der Waals surface area contributed by atoms with Gasteiger partial charge in [-0.3, -0.25) is 4.79 Å². The van der Waals surface area contributed by atoms with Crippen molar-refractivity contribution in [1.82, 2.24) is 0 Å². The molecule has 0 fully saturated rings. The number of anilines is 1. The fourth-order valence-electron chi connectivity index (χ4n) is 1.26. The highest BCUT2D eigenvalue weighted by Crippen LogP contribution is 2.08. The van der Waals surface area contributed by atoms with Gasteiger partial charge in [0, 0.05) is 11.8 Å². The van der Waals surface area contributed by atoms with Crippen molar-refractivity contribution in [3.63, 3.8) is 0 Å². The summed E-state index contributed by atoms with van der Waals surface area (Å²) in [5.74, 6) is -1.03. The van der Waals surface area contributed by atoms with Crippen molar-refractivity contribution in [2.24, 2.45) is 0 Å². The first kappa shape index (κ1) is 15.2. The monoisotopic (exact) mass is 270 g/mol. The Morgan fingerprint density at radius 1 is 1.30 bits per heavy atom. The van der Waals surface area contributed by atoms with E-state index in [-0.39, 0.29) is 6.61 Å². The van der Waals surface area contributed by atoms with Crippen molar-refractivity contribution >= 4 is 17.6 Å². The fraction of sp³-hybridized carbons (Fsp3) is 0.133. The third-order valence-electron chi connectivity index (χ3n) is 2.18. The molecule has 1 amide bonds. The highest BCUT2D eigenvalue weighted by Gasteiger charge is 2.05. The minimum absolute atomic E-state index is 0.362. The summed E-state index contributed by atoms with van der Waals surface area (Å²) >= 11 is 0. The van der Waals surface area contributed by atoms with Gasteiger partial charge in [0.2, 0.25) is 0 Å². The fourth-order valence-corrected chi connectivity index (χ4v) is 1.26. The van der Waals surface area contributed by atoms with Gasteiger partial charge in [-0.2, -0.15) is 5.26 Å². The maximum absolute atomic E-state index is 11.5. The van der Waals surface area contributed by atoms with E-state index in [1.165, 1.54) is 12.2 Å². The van der Waals surface area contributed by atoms with E-state index in [1.54, 1.807) is 36.4 Å². The van der Waals surface area contributed by atoms with Gasteiger partial charge in [-0.1, -0.05) is 18.2 Å². The van der Waals surface area contributed by atoms with Gasteiger partial charge >= 0.3 is 5.97 Å². The van der Waals surface area contributed by atoms with Gasteiger partial charge in [0.1, 0.15) is 0 Å². The minimum atomic E-state index is -0.585. The van der Waals surface area contributed by atoms with Gasteiger partial charge in [0.25, 0.3) is 5.91 Å². The number of hydrogen-bond donors (Lipinski definition) is 1. The maximum atomic E-state index is 11.5. The molecule has 20 heavy (non-hydrogen) atoms. The lowest BCUT2D eigenvalue weighted by Crippen LogP contribution is -2.20. The van der Waals surface area contributed by atoms with Crippen LogP contribution in [0.1, 0.15) is 12.5 Å². The Morgan fingerprint density at radius 2 is 2.00 bits per heavy atom. The maximum Gasteiger partial charge on any atom is 0.331 e. The summed E-state index contributed by atoms with van der Waals surface area (Å²) in [7, 11) is 0. The van der Waals surface area contributed by atoms with Gasteiger partial charge in [0.05, 0.1) is 11.6 Å². The molecule has 0 unspecified atom stereocenters. The standard InChI is InChI=1S/C15H14N2O3/c1-2-3-4-5-15(19)20-11-14(18)17-13-8-6-12(10-16)7-9-13/h2-9H,11H2,1H3,(H,17,18)/b3-2+,5-4+. The number of hydrogen-bond acceptors (Lipinski definition) is 4. The molecule has 5 nitrogen and oxygen atoms in total. The Bertz CT molecular complexity index is 566. The van der Waals surface area contributed by atoms with Crippen LogP contribution in [0.3, 0.4) is 0 Å². The van der Waals surface area contributed by atoms with Crippen molar-refractivity contribution in [1.29, 1.82) is 5.26 Å². The summed E-state index contributed by atoms with van der Waals surface area (Å²) in [6.07, 6.45) is 6.20. The van der Waals surface area contributed by atoms with Crippen molar-refractivity contribution in [2.45, 2.75) is 6.92 Å². The van der Waals surface area contributed by atoms with Crippen LogP contribution >= 0.6 is 0 Å². The molecule has 0 spiro atoms. The number of benzene rings is 1. The molecule has 0 radical (unpaired) electrons. The third-order valence-corrected chi connectivity index (χ3v) is 2.18. The SMILES string of the molecule is C/C=C/C=C/C(=O)OCC(=O)Nc1ccc(C#N)cc1. The highest BCUT2D eigenvalue weighted by molar-refractivity contribution is 5.93. The molecule has 102 valence electrons. The Kier molecular flexibility index (Phi) is 6.28. The number of ether oxygens (including phenoxy) is 1. The van der Waals surface area contributed by atoms with E-state index in [0.29, 0.717) is 11.3 Å². The molecule has 0 aromatic heterocycles. The van der Waals surface area contributed by atoms with Gasteiger partial charge in [-0.05, 0) is 31.2 Å². The largest absolute Gasteiger partial charge is 0.452 e. The lowest BCUT2D eigenvalue weighted by atomic mass is 10.2. The molecule has 1 rings (SSSR count). The van der Waals surface area contributed by atoms with E-state index < -0.39 is 11.9 Å². The predicted octanol–water partition coefficient (Wildman–Crippen LogP) is 2.17. The summed E-state index contributed by atoms with van der Waals surface area (Å²) in [5, 5.41) is 11.2. The van der Waals surface area contributed by atoms with Crippen LogP contribution in [-0.4, -0.2) is 18.5 Å². The Labute approximate surface area is 117 Å². The van der Waals surface area contributed by atoms with Gasteiger partial charge in [-0.25, -0.2) is 4.79 Å². The van der Waals surface area contributed by atoms with Crippen LogP contribution in [0.25, 0.3) is 0 Å². The second-order valence-corrected chi connectivity index (χ2v) is 3.73. The highest BCUT2D eigenvalue weighted by atomic mass is 16.5. The Morgan fingerprint density at radius 3 is 2.60 bits per heavy atom. The molecular weight excluding hydrogens is 256 g/mol. The zero-order valence-corrected chi connectivity index (χ0v) is 11.0. The molecular formula is C15H14N2O3. The first-order chi connectivity index (χ1) is 9.65. The molecule has 0 atom stereocenters. The second-order valence-electron chi connectivity index (χ2n) is 3.73. The second kappa shape index (κ2) is 8.27. The van der Waals surface area contributed by atoms with Crippen LogP contribution in [0, 0.1) is 11.3 Å². The van der Waals surface area contributed by atoms with E-state index in [0.717, 1.165) is 0 Å². The molecule has 0 aliphatic carbocycles. The van der Waals surface area contributed by atoms with Gasteiger partial charge in [-0.15, -0.1) is 0 Å². The summed E-state index contributed by atoms with van der Waals surface area (Å²) in [6, 6.07) is 8.35. The lowest BCUT2D eigenvalue weighted by molar-refractivity contribution is -0.142. The number of amides is 1. The molecule has 5 heteroatoms. The summed E-state index contributed by atoms with van der Waals surface area (Å²) in [6.45, 7) is 1.46. The number of rotatable bonds is 5. The van der Waals surface area contributed by atoms with Gasteiger partial charge < -0.3 is 10.1 Å². The summed E-state index contributed by atoms with van der Waals surface area (Å²) < 4.78 is 4.74. The van der Waals surface area contributed by atoms with E-state index in [1.807, 2.05) is 13.0 Å². The molecule has 1 aromatic rings. The number of nitriles is 1.